The summed E-state index contributed by atoms with van der Waals surface area (Å²) in [6, 6.07) is 0. The maximum atomic E-state index is 5.70. The Morgan fingerprint density at radius 2 is 1.27 bits per heavy atom. The smallest absolute Gasteiger partial charge is 0.0659 e. The summed E-state index contributed by atoms with van der Waals surface area (Å²) in [5.74, 6) is 0. The van der Waals surface area contributed by atoms with Gasteiger partial charge in [0.15, 0.2) is 0 Å². The average Bonchev–Trinajstić information content (AvgIpc) is 1.64. The van der Waals surface area contributed by atoms with Crippen molar-refractivity contribution in [1.29, 1.82) is 0 Å². The zero-order valence-electron chi connectivity index (χ0n) is 7.68. The molecule has 0 amide bonds. The Bertz CT molecular complexity index is 97.1. The van der Waals surface area contributed by atoms with Crippen molar-refractivity contribution >= 4 is 34.0 Å². The summed E-state index contributed by atoms with van der Waals surface area (Å²) in [5.41, 5.74) is 10.9. The Morgan fingerprint density at radius 1 is 1.00 bits per heavy atom. The van der Waals surface area contributed by atoms with Crippen molar-refractivity contribution in [3.63, 3.8) is 0 Å². The maximum absolute atomic E-state index is 5.70. The first-order valence-corrected chi connectivity index (χ1v) is 3.39. The molecular formula is C7H20Br2N2. The third-order valence-electron chi connectivity index (χ3n) is 2.34. The van der Waals surface area contributed by atoms with Gasteiger partial charge in [-0.3, -0.25) is 0 Å². The first kappa shape index (κ1) is 17.8. The minimum atomic E-state index is -0.554. The molecular weight excluding hydrogens is 272 g/mol. The summed E-state index contributed by atoms with van der Waals surface area (Å²) >= 11 is 0. The van der Waals surface area contributed by atoms with Crippen molar-refractivity contribution in [3.8, 4) is 0 Å². The van der Waals surface area contributed by atoms with E-state index < -0.39 is 5.66 Å². The predicted molar refractivity (Wildman–Crippen MR) is 61.5 cm³/mol. The van der Waals surface area contributed by atoms with Gasteiger partial charge in [-0.1, -0.05) is 20.8 Å². The minimum absolute atomic E-state index is 0. The van der Waals surface area contributed by atoms with Crippen LogP contribution in [0.4, 0.5) is 0 Å². The van der Waals surface area contributed by atoms with Crippen LogP contribution >= 0.6 is 34.0 Å². The SMILES string of the molecule is Br.Br.CCC(C)(C)C(C)(N)N. The summed E-state index contributed by atoms with van der Waals surface area (Å²) in [4.78, 5) is 0. The molecule has 0 aliphatic heterocycles. The molecule has 0 spiro atoms. The predicted octanol–water partition coefficient (Wildman–Crippen LogP) is 2.21. The summed E-state index contributed by atoms with van der Waals surface area (Å²) in [5, 5.41) is 0. The molecule has 72 valence electrons. The molecule has 0 aliphatic rings. The second-order valence-corrected chi connectivity index (χ2v) is 3.52. The lowest BCUT2D eigenvalue weighted by atomic mass is 9.79. The second-order valence-electron chi connectivity index (χ2n) is 3.52. The van der Waals surface area contributed by atoms with Crippen LogP contribution in [0.1, 0.15) is 34.1 Å². The number of rotatable bonds is 2. The van der Waals surface area contributed by atoms with Gasteiger partial charge < -0.3 is 11.5 Å². The van der Waals surface area contributed by atoms with Crippen LogP contribution in [-0.4, -0.2) is 5.66 Å². The fraction of sp³-hybridized carbons (Fsp3) is 1.00. The van der Waals surface area contributed by atoms with E-state index >= 15 is 0 Å². The third kappa shape index (κ3) is 5.17. The van der Waals surface area contributed by atoms with E-state index in [0.29, 0.717) is 0 Å². The van der Waals surface area contributed by atoms with Gasteiger partial charge in [0.2, 0.25) is 0 Å². The molecule has 4 N–H and O–H groups in total. The zero-order chi connectivity index (χ0) is 7.71. The van der Waals surface area contributed by atoms with Gasteiger partial charge in [-0.05, 0) is 18.8 Å². The zero-order valence-corrected chi connectivity index (χ0v) is 11.1. The van der Waals surface area contributed by atoms with Gasteiger partial charge in [0.25, 0.3) is 0 Å². The Morgan fingerprint density at radius 3 is 1.27 bits per heavy atom. The van der Waals surface area contributed by atoms with Gasteiger partial charge in [-0.2, -0.15) is 0 Å². The van der Waals surface area contributed by atoms with Crippen LogP contribution in [0.3, 0.4) is 0 Å². The molecule has 0 fully saturated rings. The van der Waals surface area contributed by atoms with Gasteiger partial charge in [-0.15, -0.1) is 34.0 Å². The van der Waals surface area contributed by atoms with Crippen LogP contribution in [0, 0.1) is 5.41 Å². The monoisotopic (exact) mass is 290 g/mol. The fourth-order valence-corrected chi connectivity index (χ4v) is 0.381. The molecule has 0 rings (SSSR count). The van der Waals surface area contributed by atoms with Crippen molar-refractivity contribution < 1.29 is 0 Å². The molecule has 0 bridgehead atoms. The highest BCUT2D eigenvalue weighted by molar-refractivity contribution is 8.93. The van der Waals surface area contributed by atoms with Crippen LogP contribution in [0.2, 0.25) is 0 Å². The Balaban J connectivity index is -0.000000320. The van der Waals surface area contributed by atoms with Crippen LogP contribution in [-0.2, 0) is 0 Å². The number of hydrogen-bond donors (Lipinski definition) is 2. The maximum Gasteiger partial charge on any atom is 0.0659 e. The van der Waals surface area contributed by atoms with Gasteiger partial charge in [-0.25, -0.2) is 0 Å². The molecule has 0 aliphatic carbocycles. The van der Waals surface area contributed by atoms with Crippen LogP contribution in [0.15, 0.2) is 0 Å². The summed E-state index contributed by atoms with van der Waals surface area (Å²) in [6.45, 7) is 8.11. The molecule has 0 saturated carbocycles. The van der Waals surface area contributed by atoms with Crippen LogP contribution < -0.4 is 11.5 Å². The first-order chi connectivity index (χ1) is 3.81. The molecule has 0 aromatic heterocycles. The van der Waals surface area contributed by atoms with Crippen LogP contribution in [0.25, 0.3) is 0 Å². The van der Waals surface area contributed by atoms with Gasteiger partial charge >= 0.3 is 0 Å². The van der Waals surface area contributed by atoms with Crippen molar-refractivity contribution in [2.45, 2.75) is 39.8 Å². The topological polar surface area (TPSA) is 52.0 Å². The van der Waals surface area contributed by atoms with Crippen molar-refractivity contribution in [3.05, 3.63) is 0 Å². The van der Waals surface area contributed by atoms with E-state index in [9.17, 15) is 0 Å². The largest absolute Gasteiger partial charge is 0.313 e. The van der Waals surface area contributed by atoms with Crippen LogP contribution in [0.5, 0.6) is 0 Å². The molecule has 0 radical (unpaired) electrons. The molecule has 0 aromatic rings. The quantitative estimate of drug-likeness (QED) is 0.767. The lowest BCUT2D eigenvalue weighted by molar-refractivity contribution is 0.182. The second kappa shape index (κ2) is 5.51. The molecule has 4 heteroatoms. The summed E-state index contributed by atoms with van der Waals surface area (Å²) in [7, 11) is 0. The van der Waals surface area contributed by atoms with Crippen molar-refractivity contribution in [2.75, 3.05) is 0 Å². The molecule has 0 atom stereocenters. The van der Waals surface area contributed by atoms with E-state index in [1.54, 1.807) is 0 Å². The lowest BCUT2D eigenvalue weighted by Crippen LogP contribution is -2.57. The molecule has 0 unspecified atom stereocenters. The average molecular weight is 292 g/mol. The number of halogens is 2. The summed E-state index contributed by atoms with van der Waals surface area (Å²) in [6.07, 6.45) is 1.01. The highest BCUT2D eigenvalue weighted by Crippen LogP contribution is 2.27. The van der Waals surface area contributed by atoms with E-state index in [1.807, 2.05) is 6.92 Å². The highest BCUT2D eigenvalue weighted by Gasteiger charge is 2.31. The fourth-order valence-electron chi connectivity index (χ4n) is 0.381. The number of hydrogen-bond acceptors (Lipinski definition) is 2. The molecule has 0 aromatic carbocycles. The minimum Gasteiger partial charge on any atom is -0.313 e. The van der Waals surface area contributed by atoms with E-state index in [1.165, 1.54) is 0 Å². The van der Waals surface area contributed by atoms with Crippen molar-refractivity contribution in [1.82, 2.24) is 0 Å². The van der Waals surface area contributed by atoms with E-state index in [4.69, 9.17) is 11.5 Å². The first-order valence-electron chi connectivity index (χ1n) is 3.39. The lowest BCUT2D eigenvalue weighted by Gasteiger charge is -2.37. The van der Waals surface area contributed by atoms with E-state index in [2.05, 4.69) is 20.8 Å². The van der Waals surface area contributed by atoms with Gasteiger partial charge in [0.1, 0.15) is 0 Å². The normalized spacial score (nSPS) is 11.5. The number of nitrogens with two attached hydrogens (primary N) is 2. The molecule has 11 heavy (non-hydrogen) atoms. The van der Waals surface area contributed by atoms with Gasteiger partial charge in [0.05, 0.1) is 5.66 Å². The van der Waals surface area contributed by atoms with Crippen molar-refractivity contribution in [2.24, 2.45) is 16.9 Å². The molecule has 2 nitrogen and oxygen atoms in total. The van der Waals surface area contributed by atoms with E-state index in [-0.39, 0.29) is 39.4 Å². The van der Waals surface area contributed by atoms with E-state index in [0.717, 1.165) is 6.42 Å². The van der Waals surface area contributed by atoms with Gasteiger partial charge in [0, 0.05) is 0 Å². The highest BCUT2D eigenvalue weighted by atomic mass is 79.9. The third-order valence-corrected chi connectivity index (χ3v) is 2.34. The Hall–Kier alpha value is 0.880. The Labute approximate surface area is 90.6 Å². The Kier molecular flexibility index (Phi) is 8.94. The standard InChI is InChI=1S/C7H18N2.2BrH/c1-5-6(2,3)7(4,8)9;;/h5,8-9H2,1-4H3;2*1H. The molecule has 0 heterocycles. The summed E-state index contributed by atoms with van der Waals surface area (Å²) < 4.78 is 0. The molecule has 0 saturated heterocycles.